The standard InChI is InChI=1S/C15H16FN3O5/c16-6-3-1-2-4-7(6)18-14(24)19-8-5-15(17,13(22)23)11-9(8)10(11)12(20)21/h1-4,8-11H,5,17H2,(H,20,21)(H,22,23)(H2,18,19,24). The van der Waals surface area contributed by atoms with Crippen molar-refractivity contribution in [1.29, 1.82) is 0 Å². The molecule has 2 amide bonds. The summed E-state index contributed by atoms with van der Waals surface area (Å²) >= 11 is 0. The van der Waals surface area contributed by atoms with Crippen molar-refractivity contribution in [3.63, 3.8) is 0 Å². The van der Waals surface area contributed by atoms with Crippen LogP contribution in [-0.4, -0.2) is 39.8 Å². The van der Waals surface area contributed by atoms with E-state index in [0.29, 0.717) is 0 Å². The number of hydrogen-bond donors (Lipinski definition) is 5. The molecule has 24 heavy (non-hydrogen) atoms. The maximum absolute atomic E-state index is 13.5. The van der Waals surface area contributed by atoms with Crippen molar-refractivity contribution in [3.05, 3.63) is 30.1 Å². The number of para-hydroxylation sites is 1. The van der Waals surface area contributed by atoms with Crippen molar-refractivity contribution in [2.24, 2.45) is 23.5 Å². The molecule has 0 heterocycles. The van der Waals surface area contributed by atoms with E-state index >= 15 is 0 Å². The van der Waals surface area contributed by atoms with E-state index in [1.165, 1.54) is 18.2 Å². The number of urea groups is 1. The van der Waals surface area contributed by atoms with Gasteiger partial charge in [-0.3, -0.25) is 9.59 Å². The Kier molecular flexibility index (Phi) is 3.67. The van der Waals surface area contributed by atoms with Gasteiger partial charge in [0.05, 0.1) is 11.6 Å². The van der Waals surface area contributed by atoms with Gasteiger partial charge in [0.15, 0.2) is 0 Å². The average molecular weight is 337 g/mol. The Hall–Kier alpha value is -2.68. The highest BCUT2D eigenvalue weighted by molar-refractivity contribution is 5.91. The molecule has 8 nitrogen and oxygen atoms in total. The minimum absolute atomic E-state index is 0.0348. The highest BCUT2D eigenvalue weighted by atomic mass is 19.1. The number of halogens is 1. The lowest BCUT2D eigenvalue weighted by Crippen LogP contribution is -2.52. The summed E-state index contributed by atoms with van der Waals surface area (Å²) in [5.74, 6) is -5.23. The molecule has 0 spiro atoms. The smallest absolute Gasteiger partial charge is 0.324 e. The molecular formula is C15H16FN3O5. The summed E-state index contributed by atoms with van der Waals surface area (Å²) in [6, 6.07) is 4.11. The molecule has 2 aliphatic carbocycles. The predicted octanol–water partition coefficient (Wildman–Crippen LogP) is 0.448. The Balaban J connectivity index is 1.71. The second-order valence-electron chi connectivity index (χ2n) is 6.20. The number of carbonyl (C=O) groups excluding carboxylic acids is 1. The van der Waals surface area contributed by atoms with Crippen LogP contribution in [0.3, 0.4) is 0 Å². The monoisotopic (exact) mass is 337 g/mol. The lowest BCUT2D eigenvalue weighted by Gasteiger charge is -2.25. The SMILES string of the molecule is NC1(C(=O)O)CC(NC(=O)Nc2ccccc2F)C2C(C(=O)O)C21. The molecule has 0 aliphatic heterocycles. The maximum atomic E-state index is 13.5. The molecule has 3 rings (SSSR count). The Bertz CT molecular complexity index is 727. The molecular weight excluding hydrogens is 321 g/mol. The van der Waals surface area contributed by atoms with Gasteiger partial charge < -0.3 is 26.6 Å². The van der Waals surface area contributed by atoms with Crippen LogP contribution >= 0.6 is 0 Å². The zero-order valence-electron chi connectivity index (χ0n) is 12.4. The van der Waals surface area contributed by atoms with E-state index in [9.17, 15) is 29.0 Å². The van der Waals surface area contributed by atoms with Gasteiger partial charge >= 0.3 is 18.0 Å². The van der Waals surface area contributed by atoms with Crippen molar-refractivity contribution in [2.75, 3.05) is 5.32 Å². The number of anilines is 1. The fourth-order valence-electron chi connectivity index (χ4n) is 3.72. The molecule has 2 aliphatic rings. The second kappa shape index (κ2) is 5.45. The topological polar surface area (TPSA) is 142 Å². The predicted molar refractivity (Wildman–Crippen MR) is 79.6 cm³/mol. The van der Waals surface area contributed by atoms with Gasteiger partial charge in [-0.2, -0.15) is 0 Å². The summed E-state index contributed by atoms with van der Waals surface area (Å²) in [4.78, 5) is 34.6. The molecule has 128 valence electrons. The third-order valence-electron chi connectivity index (χ3n) is 4.81. The van der Waals surface area contributed by atoms with E-state index in [4.69, 9.17) is 5.73 Å². The van der Waals surface area contributed by atoms with E-state index in [-0.39, 0.29) is 12.1 Å². The Morgan fingerprint density at radius 1 is 1.25 bits per heavy atom. The fraction of sp³-hybridized carbons (Fsp3) is 0.400. The van der Waals surface area contributed by atoms with Crippen molar-refractivity contribution in [3.8, 4) is 0 Å². The van der Waals surface area contributed by atoms with Gasteiger partial charge in [0.2, 0.25) is 0 Å². The number of hydrogen-bond acceptors (Lipinski definition) is 4. The Labute approximate surface area is 135 Å². The molecule has 1 aromatic carbocycles. The van der Waals surface area contributed by atoms with Crippen LogP contribution in [0.15, 0.2) is 24.3 Å². The van der Waals surface area contributed by atoms with E-state index in [0.717, 1.165) is 0 Å². The first-order chi connectivity index (χ1) is 11.3. The number of aliphatic carboxylic acids is 2. The maximum Gasteiger partial charge on any atom is 0.324 e. The molecule has 1 aromatic rings. The first-order valence-electron chi connectivity index (χ1n) is 7.33. The van der Waals surface area contributed by atoms with Crippen LogP contribution in [0.1, 0.15) is 6.42 Å². The lowest BCUT2D eigenvalue weighted by molar-refractivity contribution is -0.145. The summed E-state index contributed by atoms with van der Waals surface area (Å²) in [5, 5.41) is 23.3. The molecule has 0 saturated heterocycles. The molecule has 5 atom stereocenters. The molecule has 5 unspecified atom stereocenters. The summed E-state index contributed by atoms with van der Waals surface area (Å²) in [6.07, 6.45) is -0.0772. The zero-order chi connectivity index (χ0) is 17.6. The van der Waals surface area contributed by atoms with Gasteiger partial charge in [-0.25, -0.2) is 9.18 Å². The summed E-state index contributed by atoms with van der Waals surface area (Å²) in [6.45, 7) is 0. The van der Waals surface area contributed by atoms with Gasteiger partial charge in [-0.05, 0) is 24.5 Å². The molecule has 6 N–H and O–H groups in total. The van der Waals surface area contributed by atoms with Crippen LogP contribution in [0.25, 0.3) is 0 Å². The zero-order valence-corrected chi connectivity index (χ0v) is 12.4. The van der Waals surface area contributed by atoms with Crippen LogP contribution in [0, 0.1) is 23.6 Å². The van der Waals surface area contributed by atoms with Crippen molar-refractivity contribution in [1.82, 2.24) is 5.32 Å². The molecule has 0 aromatic heterocycles. The van der Waals surface area contributed by atoms with Gasteiger partial charge in [0.1, 0.15) is 11.4 Å². The molecule has 9 heteroatoms. The number of rotatable bonds is 4. The van der Waals surface area contributed by atoms with Crippen molar-refractivity contribution >= 4 is 23.7 Å². The van der Waals surface area contributed by atoms with Crippen LogP contribution in [-0.2, 0) is 9.59 Å². The van der Waals surface area contributed by atoms with Gasteiger partial charge in [0.25, 0.3) is 0 Å². The highest BCUT2D eigenvalue weighted by Crippen LogP contribution is 2.61. The molecule has 2 fully saturated rings. The number of amides is 2. The van der Waals surface area contributed by atoms with Crippen molar-refractivity contribution < 1.29 is 29.0 Å². The third-order valence-corrected chi connectivity index (χ3v) is 4.81. The largest absolute Gasteiger partial charge is 0.481 e. The van der Waals surface area contributed by atoms with Gasteiger partial charge in [-0.15, -0.1) is 0 Å². The second-order valence-corrected chi connectivity index (χ2v) is 6.20. The highest BCUT2D eigenvalue weighted by Gasteiger charge is 2.74. The quantitative estimate of drug-likeness (QED) is 0.540. The molecule has 0 radical (unpaired) electrons. The minimum atomic E-state index is -1.69. The van der Waals surface area contributed by atoms with E-state index in [2.05, 4.69) is 10.6 Å². The number of fused-ring (bicyclic) bond motifs is 1. The van der Waals surface area contributed by atoms with E-state index in [1.807, 2.05) is 0 Å². The average Bonchev–Trinajstić information content (AvgIpc) is 3.18. The number of carboxylic acids is 2. The van der Waals surface area contributed by atoms with Crippen LogP contribution < -0.4 is 16.4 Å². The van der Waals surface area contributed by atoms with Gasteiger partial charge in [-0.1, -0.05) is 12.1 Å². The first kappa shape index (κ1) is 16.2. The first-order valence-corrected chi connectivity index (χ1v) is 7.33. The van der Waals surface area contributed by atoms with Crippen LogP contribution in [0.4, 0.5) is 14.9 Å². The summed E-state index contributed by atoms with van der Waals surface area (Å²) in [7, 11) is 0. The van der Waals surface area contributed by atoms with E-state index < -0.39 is 53.1 Å². The fourth-order valence-corrected chi connectivity index (χ4v) is 3.72. The summed E-state index contributed by atoms with van der Waals surface area (Å²) in [5.41, 5.74) is 4.14. The number of nitrogens with two attached hydrogens (primary N) is 1. The molecule has 2 saturated carbocycles. The molecule has 0 bridgehead atoms. The number of carbonyl (C=O) groups is 3. The van der Waals surface area contributed by atoms with Gasteiger partial charge in [0, 0.05) is 12.0 Å². The van der Waals surface area contributed by atoms with Crippen LogP contribution in [0.5, 0.6) is 0 Å². The summed E-state index contributed by atoms with van der Waals surface area (Å²) < 4.78 is 13.5. The number of benzene rings is 1. The normalized spacial score (nSPS) is 33.4. The number of carboxylic acid groups (broad SMARTS) is 2. The van der Waals surface area contributed by atoms with Crippen LogP contribution in [0.2, 0.25) is 0 Å². The van der Waals surface area contributed by atoms with Crippen molar-refractivity contribution in [2.45, 2.75) is 18.0 Å². The Morgan fingerprint density at radius 3 is 2.50 bits per heavy atom. The minimum Gasteiger partial charge on any atom is -0.481 e. The third kappa shape index (κ3) is 2.46. The number of nitrogens with one attached hydrogen (secondary N) is 2. The lowest BCUT2D eigenvalue weighted by atomic mass is 9.90. The van der Waals surface area contributed by atoms with E-state index in [1.54, 1.807) is 6.07 Å². The Morgan fingerprint density at radius 2 is 1.92 bits per heavy atom.